The Bertz CT molecular complexity index is 718. The Morgan fingerprint density at radius 2 is 2.18 bits per heavy atom. The Balaban J connectivity index is 1.81. The highest BCUT2D eigenvalue weighted by Gasteiger charge is 2.22. The van der Waals surface area contributed by atoms with Gasteiger partial charge >= 0.3 is 0 Å². The number of pyridine rings is 2. The number of nitrogens with two attached hydrogens (primary N) is 1. The summed E-state index contributed by atoms with van der Waals surface area (Å²) in [6.45, 7) is 1.99. The SMILES string of the molecule is Cc1cc(-c2ccc(C[C@H]3CC[C@H](N)C3)nc2)c(=O)n(C)c1. The van der Waals surface area contributed by atoms with Gasteiger partial charge in [-0.1, -0.05) is 6.07 Å². The maximum Gasteiger partial charge on any atom is 0.258 e. The first kappa shape index (κ1) is 15.0. The van der Waals surface area contributed by atoms with E-state index in [0.29, 0.717) is 17.5 Å². The molecule has 2 aromatic heterocycles. The molecule has 2 atom stereocenters. The number of hydrogen-bond acceptors (Lipinski definition) is 3. The predicted octanol–water partition coefficient (Wildman–Crippen LogP) is 2.43. The maximum absolute atomic E-state index is 12.2. The van der Waals surface area contributed by atoms with Crippen molar-refractivity contribution in [2.24, 2.45) is 18.7 Å². The summed E-state index contributed by atoms with van der Waals surface area (Å²) < 4.78 is 1.62. The Kier molecular flexibility index (Phi) is 4.12. The lowest BCUT2D eigenvalue weighted by molar-refractivity contribution is 0.528. The maximum atomic E-state index is 12.2. The van der Waals surface area contributed by atoms with E-state index in [1.54, 1.807) is 11.6 Å². The average molecular weight is 297 g/mol. The first-order chi connectivity index (χ1) is 10.5. The summed E-state index contributed by atoms with van der Waals surface area (Å²) in [6, 6.07) is 6.34. The van der Waals surface area contributed by atoms with Gasteiger partial charge < -0.3 is 10.3 Å². The third-order valence-corrected chi connectivity index (χ3v) is 4.54. The first-order valence-electron chi connectivity index (χ1n) is 7.91. The van der Waals surface area contributed by atoms with E-state index in [4.69, 9.17) is 5.73 Å². The van der Waals surface area contributed by atoms with Gasteiger partial charge in [-0.05, 0) is 56.2 Å². The summed E-state index contributed by atoms with van der Waals surface area (Å²) >= 11 is 0. The van der Waals surface area contributed by atoms with Gasteiger partial charge in [0.25, 0.3) is 5.56 Å². The van der Waals surface area contributed by atoms with Crippen LogP contribution in [-0.4, -0.2) is 15.6 Å². The standard InChI is InChI=1S/C18H23N3O/c1-12-7-17(18(22)21(2)11-12)14-4-6-16(20-10-14)9-13-3-5-15(19)8-13/h4,6-7,10-11,13,15H,3,5,8-9,19H2,1-2H3/t13-,15-/m0/s1. The number of hydrogen-bond donors (Lipinski definition) is 1. The van der Waals surface area contributed by atoms with Crippen molar-refractivity contribution in [2.75, 3.05) is 0 Å². The summed E-state index contributed by atoms with van der Waals surface area (Å²) in [5.41, 5.74) is 9.74. The van der Waals surface area contributed by atoms with Crippen LogP contribution in [0.3, 0.4) is 0 Å². The van der Waals surface area contributed by atoms with E-state index in [1.165, 1.54) is 6.42 Å². The highest BCUT2D eigenvalue weighted by molar-refractivity contribution is 5.62. The second-order valence-electron chi connectivity index (χ2n) is 6.53. The molecule has 0 radical (unpaired) electrons. The molecule has 0 amide bonds. The molecule has 2 heterocycles. The van der Waals surface area contributed by atoms with Gasteiger partial charge in [0.2, 0.25) is 0 Å². The molecule has 0 aromatic carbocycles. The van der Waals surface area contributed by atoms with Crippen molar-refractivity contribution >= 4 is 0 Å². The molecule has 1 aliphatic rings. The van der Waals surface area contributed by atoms with Gasteiger partial charge in [-0.15, -0.1) is 0 Å². The van der Waals surface area contributed by atoms with Gasteiger partial charge in [0, 0.05) is 42.3 Å². The minimum absolute atomic E-state index is 0.0157. The van der Waals surface area contributed by atoms with Crippen LogP contribution in [0.4, 0.5) is 0 Å². The summed E-state index contributed by atoms with van der Waals surface area (Å²) in [4.78, 5) is 16.8. The fourth-order valence-corrected chi connectivity index (χ4v) is 3.39. The smallest absolute Gasteiger partial charge is 0.258 e. The Morgan fingerprint density at radius 3 is 2.82 bits per heavy atom. The van der Waals surface area contributed by atoms with Crippen LogP contribution in [-0.2, 0) is 13.5 Å². The van der Waals surface area contributed by atoms with Crippen molar-refractivity contribution in [2.45, 2.75) is 38.6 Å². The summed E-state index contributed by atoms with van der Waals surface area (Å²) in [5.74, 6) is 0.653. The number of rotatable bonds is 3. The van der Waals surface area contributed by atoms with Gasteiger partial charge in [0.05, 0.1) is 0 Å². The van der Waals surface area contributed by atoms with E-state index >= 15 is 0 Å². The van der Waals surface area contributed by atoms with Crippen LogP contribution in [0.15, 0.2) is 35.4 Å². The molecule has 0 bridgehead atoms. The van der Waals surface area contributed by atoms with Crippen molar-refractivity contribution in [3.63, 3.8) is 0 Å². The molecule has 0 spiro atoms. The predicted molar refractivity (Wildman–Crippen MR) is 88.7 cm³/mol. The molecule has 0 aliphatic heterocycles. The van der Waals surface area contributed by atoms with Gasteiger partial charge in [-0.25, -0.2) is 0 Å². The minimum Gasteiger partial charge on any atom is -0.328 e. The molecule has 1 aliphatic carbocycles. The van der Waals surface area contributed by atoms with Gasteiger partial charge in [-0.2, -0.15) is 0 Å². The Hall–Kier alpha value is -1.94. The molecule has 4 nitrogen and oxygen atoms in total. The average Bonchev–Trinajstić information content (AvgIpc) is 2.89. The zero-order chi connectivity index (χ0) is 15.7. The van der Waals surface area contributed by atoms with Crippen molar-refractivity contribution < 1.29 is 0 Å². The van der Waals surface area contributed by atoms with Crippen LogP contribution in [0.2, 0.25) is 0 Å². The molecule has 3 rings (SSSR count). The number of aromatic nitrogens is 2. The first-order valence-corrected chi connectivity index (χ1v) is 7.91. The largest absolute Gasteiger partial charge is 0.328 e. The lowest BCUT2D eigenvalue weighted by Crippen LogP contribution is -2.18. The van der Waals surface area contributed by atoms with Crippen LogP contribution >= 0.6 is 0 Å². The monoisotopic (exact) mass is 297 g/mol. The summed E-state index contributed by atoms with van der Waals surface area (Å²) in [7, 11) is 1.78. The second kappa shape index (κ2) is 6.05. The summed E-state index contributed by atoms with van der Waals surface area (Å²) in [6.07, 6.45) is 8.07. The molecular formula is C18H23N3O. The minimum atomic E-state index is 0.0157. The lowest BCUT2D eigenvalue weighted by Gasteiger charge is -2.10. The molecule has 4 heteroatoms. The van der Waals surface area contributed by atoms with E-state index in [1.807, 2.05) is 37.5 Å². The highest BCUT2D eigenvalue weighted by Crippen LogP contribution is 2.27. The molecule has 22 heavy (non-hydrogen) atoms. The number of aryl methyl sites for hydroxylation is 2. The van der Waals surface area contributed by atoms with E-state index in [9.17, 15) is 4.79 Å². The van der Waals surface area contributed by atoms with Crippen molar-refractivity contribution in [1.82, 2.24) is 9.55 Å². The van der Waals surface area contributed by atoms with Gasteiger partial charge in [0.1, 0.15) is 0 Å². The zero-order valence-corrected chi connectivity index (χ0v) is 13.2. The normalized spacial score (nSPS) is 21.2. The van der Waals surface area contributed by atoms with E-state index < -0.39 is 0 Å². The Morgan fingerprint density at radius 1 is 1.36 bits per heavy atom. The van der Waals surface area contributed by atoms with Crippen molar-refractivity contribution in [3.8, 4) is 11.1 Å². The Labute approximate surface area is 131 Å². The van der Waals surface area contributed by atoms with Gasteiger partial charge in [-0.3, -0.25) is 9.78 Å². The summed E-state index contributed by atoms with van der Waals surface area (Å²) in [5, 5.41) is 0. The molecule has 1 saturated carbocycles. The van der Waals surface area contributed by atoms with E-state index in [-0.39, 0.29) is 5.56 Å². The van der Waals surface area contributed by atoms with Crippen molar-refractivity contribution in [3.05, 3.63) is 52.2 Å². The lowest BCUT2D eigenvalue weighted by atomic mass is 10.00. The molecule has 2 aromatic rings. The molecule has 1 fully saturated rings. The fraction of sp³-hybridized carbons (Fsp3) is 0.444. The van der Waals surface area contributed by atoms with Gasteiger partial charge in [0.15, 0.2) is 0 Å². The van der Waals surface area contributed by atoms with Crippen LogP contribution in [0.5, 0.6) is 0 Å². The molecule has 0 saturated heterocycles. The van der Waals surface area contributed by atoms with Crippen molar-refractivity contribution in [1.29, 1.82) is 0 Å². The fourth-order valence-electron chi connectivity index (χ4n) is 3.39. The second-order valence-corrected chi connectivity index (χ2v) is 6.53. The topological polar surface area (TPSA) is 60.9 Å². The quantitative estimate of drug-likeness (QED) is 0.946. The van der Waals surface area contributed by atoms with Crippen LogP contribution in [0.25, 0.3) is 11.1 Å². The zero-order valence-electron chi connectivity index (χ0n) is 13.2. The number of nitrogens with zero attached hydrogens (tertiary/aromatic N) is 2. The third-order valence-electron chi connectivity index (χ3n) is 4.54. The molecule has 116 valence electrons. The molecular weight excluding hydrogens is 274 g/mol. The highest BCUT2D eigenvalue weighted by atomic mass is 16.1. The van der Waals surface area contributed by atoms with Crippen LogP contribution in [0, 0.1) is 12.8 Å². The van der Waals surface area contributed by atoms with Crippen LogP contribution in [0.1, 0.15) is 30.5 Å². The van der Waals surface area contributed by atoms with E-state index in [2.05, 4.69) is 4.98 Å². The third kappa shape index (κ3) is 3.12. The molecule has 2 N–H and O–H groups in total. The molecule has 0 unspecified atom stereocenters. The van der Waals surface area contributed by atoms with E-state index in [0.717, 1.165) is 36.1 Å². The van der Waals surface area contributed by atoms with Crippen LogP contribution < -0.4 is 11.3 Å².